The van der Waals surface area contributed by atoms with Crippen LogP contribution < -0.4 is 0 Å². The molecule has 0 saturated carbocycles. The second kappa shape index (κ2) is 4.38. The van der Waals surface area contributed by atoms with Crippen LogP contribution in [0.5, 0.6) is 0 Å². The van der Waals surface area contributed by atoms with Gasteiger partial charge in [-0.1, -0.05) is 27.2 Å². The van der Waals surface area contributed by atoms with Crippen LogP contribution >= 0.6 is 0 Å². The molecule has 0 aromatic carbocycles. The molecule has 0 amide bonds. The van der Waals surface area contributed by atoms with E-state index in [1.165, 1.54) is 43.0 Å². The molecule has 0 N–H and O–H groups in total. The molecule has 0 aliphatic carbocycles. The molecule has 0 bridgehead atoms. The molecule has 2 heterocycles. The van der Waals surface area contributed by atoms with Gasteiger partial charge in [0.1, 0.15) is 5.82 Å². The maximum atomic E-state index is 4.86. The smallest absolute Gasteiger partial charge is 0.112 e. The fourth-order valence-corrected chi connectivity index (χ4v) is 2.70. The first-order valence-electron chi connectivity index (χ1n) is 6.36. The Kier molecular flexibility index (Phi) is 3.13. The van der Waals surface area contributed by atoms with Gasteiger partial charge in [0.15, 0.2) is 0 Å². The first-order valence-corrected chi connectivity index (χ1v) is 6.36. The van der Waals surface area contributed by atoms with Crippen LogP contribution in [0.1, 0.15) is 63.2 Å². The average Bonchev–Trinajstić information content (AvgIpc) is 2.58. The third kappa shape index (κ3) is 1.82. The van der Waals surface area contributed by atoms with Gasteiger partial charge in [0.25, 0.3) is 0 Å². The first kappa shape index (κ1) is 10.7. The van der Waals surface area contributed by atoms with Crippen molar-refractivity contribution in [1.29, 1.82) is 0 Å². The van der Waals surface area contributed by atoms with Gasteiger partial charge in [-0.3, -0.25) is 0 Å². The Labute approximate surface area is 92.7 Å². The van der Waals surface area contributed by atoms with E-state index in [2.05, 4.69) is 25.3 Å². The predicted molar refractivity (Wildman–Crippen MR) is 63.2 cm³/mol. The summed E-state index contributed by atoms with van der Waals surface area (Å²) in [6, 6.07) is 0. The van der Waals surface area contributed by atoms with Gasteiger partial charge in [0.05, 0.1) is 5.69 Å². The van der Waals surface area contributed by atoms with Crippen LogP contribution in [0.15, 0.2) is 0 Å². The minimum atomic E-state index is 0.662. The van der Waals surface area contributed by atoms with Crippen LogP contribution in [0.3, 0.4) is 0 Å². The Hall–Kier alpha value is -0.790. The SMILES string of the molecule is CCCc1nc2n(c1CC)CCCC2C. The molecular formula is C13H22N2. The summed E-state index contributed by atoms with van der Waals surface area (Å²) in [7, 11) is 0. The van der Waals surface area contributed by atoms with Gasteiger partial charge in [0.2, 0.25) is 0 Å². The summed E-state index contributed by atoms with van der Waals surface area (Å²) in [5, 5.41) is 0. The fourth-order valence-electron chi connectivity index (χ4n) is 2.70. The Morgan fingerprint density at radius 3 is 2.87 bits per heavy atom. The van der Waals surface area contributed by atoms with Crippen LogP contribution in [0.4, 0.5) is 0 Å². The van der Waals surface area contributed by atoms with Crippen molar-refractivity contribution in [3.63, 3.8) is 0 Å². The summed E-state index contributed by atoms with van der Waals surface area (Å²) >= 11 is 0. The van der Waals surface area contributed by atoms with Crippen LogP contribution in [0, 0.1) is 0 Å². The van der Waals surface area contributed by atoms with Crippen molar-refractivity contribution in [3.05, 3.63) is 17.2 Å². The Balaban J connectivity index is 2.41. The molecular weight excluding hydrogens is 184 g/mol. The first-order chi connectivity index (χ1) is 7.27. The maximum Gasteiger partial charge on any atom is 0.112 e. The summed E-state index contributed by atoms with van der Waals surface area (Å²) in [6.45, 7) is 8.00. The second-order valence-electron chi connectivity index (χ2n) is 4.66. The summed E-state index contributed by atoms with van der Waals surface area (Å²) in [5.74, 6) is 2.01. The third-order valence-corrected chi connectivity index (χ3v) is 3.47. The number of aromatic nitrogens is 2. The van der Waals surface area contributed by atoms with E-state index in [1.54, 1.807) is 0 Å². The number of hydrogen-bond donors (Lipinski definition) is 0. The molecule has 0 radical (unpaired) electrons. The minimum absolute atomic E-state index is 0.662. The van der Waals surface area contributed by atoms with Crippen LogP contribution in [0.25, 0.3) is 0 Å². The van der Waals surface area contributed by atoms with E-state index in [9.17, 15) is 0 Å². The molecule has 1 aliphatic heterocycles. The van der Waals surface area contributed by atoms with Gasteiger partial charge in [-0.15, -0.1) is 0 Å². The summed E-state index contributed by atoms with van der Waals surface area (Å²) in [5.41, 5.74) is 2.86. The van der Waals surface area contributed by atoms with Crippen molar-refractivity contribution >= 4 is 0 Å². The fraction of sp³-hybridized carbons (Fsp3) is 0.769. The molecule has 2 heteroatoms. The van der Waals surface area contributed by atoms with Crippen molar-refractivity contribution in [1.82, 2.24) is 9.55 Å². The lowest BCUT2D eigenvalue weighted by atomic mass is 10.0. The third-order valence-electron chi connectivity index (χ3n) is 3.47. The van der Waals surface area contributed by atoms with Gasteiger partial charge in [-0.25, -0.2) is 4.98 Å². The van der Waals surface area contributed by atoms with E-state index in [1.807, 2.05) is 0 Å². The lowest BCUT2D eigenvalue weighted by Crippen LogP contribution is -2.15. The highest BCUT2D eigenvalue weighted by molar-refractivity contribution is 5.20. The van der Waals surface area contributed by atoms with Crippen molar-refractivity contribution in [3.8, 4) is 0 Å². The van der Waals surface area contributed by atoms with E-state index in [0.717, 1.165) is 12.8 Å². The normalized spacial score (nSPS) is 20.3. The van der Waals surface area contributed by atoms with E-state index in [0.29, 0.717) is 5.92 Å². The highest BCUT2D eigenvalue weighted by Gasteiger charge is 2.22. The van der Waals surface area contributed by atoms with Gasteiger partial charge < -0.3 is 4.57 Å². The second-order valence-corrected chi connectivity index (χ2v) is 4.66. The number of rotatable bonds is 3. The largest absolute Gasteiger partial charge is 0.332 e. The molecule has 1 aromatic rings. The zero-order chi connectivity index (χ0) is 10.8. The summed E-state index contributed by atoms with van der Waals surface area (Å²) in [4.78, 5) is 4.86. The van der Waals surface area contributed by atoms with Gasteiger partial charge >= 0.3 is 0 Å². The number of aryl methyl sites for hydroxylation is 1. The molecule has 84 valence electrons. The number of fused-ring (bicyclic) bond motifs is 1. The topological polar surface area (TPSA) is 17.8 Å². The molecule has 1 unspecified atom stereocenters. The highest BCUT2D eigenvalue weighted by atomic mass is 15.1. The van der Waals surface area contributed by atoms with Crippen molar-refractivity contribution in [2.75, 3.05) is 0 Å². The van der Waals surface area contributed by atoms with Gasteiger partial charge in [-0.2, -0.15) is 0 Å². The molecule has 15 heavy (non-hydrogen) atoms. The van der Waals surface area contributed by atoms with E-state index >= 15 is 0 Å². The maximum absolute atomic E-state index is 4.86. The van der Waals surface area contributed by atoms with E-state index < -0.39 is 0 Å². The molecule has 0 saturated heterocycles. The molecule has 1 aliphatic rings. The number of imidazole rings is 1. The van der Waals surface area contributed by atoms with Crippen LogP contribution in [-0.2, 0) is 19.4 Å². The molecule has 2 rings (SSSR count). The molecule has 2 nitrogen and oxygen atoms in total. The lowest BCUT2D eigenvalue weighted by Gasteiger charge is -2.21. The zero-order valence-electron chi connectivity index (χ0n) is 10.2. The Bertz CT molecular complexity index is 339. The molecule has 0 spiro atoms. The quantitative estimate of drug-likeness (QED) is 0.742. The van der Waals surface area contributed by atoms with Crippen LogP contribution in [-0.4, -0.2) is 9.55 Å². The summed E-state index contributed by atoms with van der Waals surface area (Å²) in [6.07, 6.45) is 6.12. The summed E-state index contributed by atoms with van der Waals surface area (Å²) < 4.78 is 2.49. The standard InChI is InChI=1S/C13H22N2/c1-4-7-11-12(5-2)15-9-6-8-10(3)13(15)14-11/h10H,4-9H2,1-3H3. The average molecular weight is 206 g/mol. The highest BCUT2D eigenvalue weighted by Crippen LogP contribution is 2.29. The zero-order valence-corrected chi connectivity index (χ0v) is 10.2. The van der Waals surface area contributed by atoms with Crippen molar-refractivity contribution in [2.45, 2.75) is 65.3 Å². The Morgan fingerprint density at radius 1 is 1.40 bits per heavy atom. The predicted octanol–water partition coefficient (Wildman–Crippen LogP) is 3.30. The van der Waals surface area contributed by atoms with Gasteiger partial charge in [0, 0.05) is 18.2 Å². The number of nitrogens with zero attached hydrogens (tertiary/aromatic N) is 2. The van der Waals surface area contributed by atoms with E-state index in [4.69, 9.17) is 4.98 Å². The van der Waals surface area contributed by atoms with Crippen LogP contribution in [0.2, 0.25) is 0 Å². The molecule has 0 fully saturated rings. The van der Waals surface area contributed by atoms with Crippen molar-refractivity contribution in [2.24, 2.45) is 0 Å². The van der Waals surface area contributed by atoms with Crippen molar-refractivity contribution < 1.29 is 0 Å². The van der Waals surface area contributed by atoms with Gasteiger partial charge in [-0.05, 0) is 25.7 Å². The minimum Gasteiger partial charge on any atom is -0.332 e. The molecule has 1 atom stereocenters. The number of hydrogen-bond acceptors (Lipinski definition) is 1. The lowest BCUT2D eigenvalue weighted by molar-refractivity contribution is 0.455. The van der Waals surface area contributed by atoms with E-state index in [-0.39, 0.29) is 0 Å². The molecule has 1 aromatic heterocycles. The monoisotopic (exact) mass is 206 g/mol. The Morgan fingerprint density at radius 2 is 2.20 bits per heavy atom.